The molecule has 0 saturated heterocycles. The second kappa shape index (κ2) is 7.50. The van der Waals surface area contributed by atoms with E-state index < -0.39 is 0 Å². The molecule has 0 bridgehead atoms. The number of benzene rings is 3. The minimum atomic E-state index is -0.288. The number of hydrogen-bond acceptors (Lipinski definition) is 3. The van der Waals surface area contributed by atoms with E-state index in [1.165, 1.54) is 0 Å². The molecule has 4 aromatic rings. The van der Waals surface area contributed by atoms with Gasteiger partial charge in [-0.25, -0.2) is 4.79 Å². The largest absolute Gasteiger partial charge is 0.489 e. The van der Waals surface area contributed by atoms with Gasteiger partial charge in [-0.05, 0) is 35.7 Å². The predicted octanol–water partition coefficient (Wildman–Crippen LogP) is 5.27. The van der Waals surface area contributed by atoms with E-state index in [4.69, 9.17) is 9.15 Å². The second-order valence-electron chi connectivity index (χ2n) is 6.59. The molecule has 0 saturated carbocycles. The Kier molecular flexibility index (Phi) is 4.75. The Bertz CT molecular complexity index is 1110. The summed E-state index contributed by atoms with van der Waals surface area (Å²) in [6.07, 6.45) is 0.567. The molecule has 0 spiro atoms. The molecule has 134 valence electrons. The van der Waals surface area contributed by atoms with E-state index in [-0.39, 0.29) is 5.63 Å². The van der Waals surface area contributed by atoms with Crippen LogP contribution in [0.3, 0.4) is 0 Å². The van der Waals surface area contributed by atoms with Crippen LogP contribution in [0.5, 0.6) is 5.75 Å². The number of ether oxygens (including phenoxy) is 1. The van der Waals surface area contributed by atoms with E-state index in [0.29, 0.717) is 29.9 Å². The molecule has 3 aromatic carbocycles. The van der Waals surface area contributed by atoms with Crippen LogP contribution >= 0.6 is 0 Å². The number of hydrogen-bond donors (Lipinski definition) is 0. The fourth-order valence-corrected chi connectivity index (χ4v) is 3.21. The molecule has 3 nitrogen and oxygen atoms in total. The van der Waals surface area contributed by atoms with Crippen LogP contribution in [-0.2, 0) is 13.0 Å². The van der Waals surface area contributed by atoms with Gasteiger partial charge in [-0.1, -0.05) is 60.7 Å². The van der Waals surface area contributed by atoms with Crippen molar-refractivity contribution in [3.63, 3.8) is 0 Å². The van der Waals surface area contributed by atoms with Crippen molar-refractivity contribution in [2.24, 2.45) is 0 Å². The molecule has 0 amide bonds. The second-order valence-corrected chi connectivity index (χ2v) is 6.59. The monoisotopic (exact) mass is 356 g/mol. The van der Waals surface area contributed by atoms with E-state index in [1.807, 2.05) is 79.7 Å². The number of aryl methyl sites for hydroxylation is 1. The number of fused-ring (bicyclic) bond motifs is 1. The van der Waals surface area contributed by atoms with Crippen molar-refractivity contribution in [2.75, 3.05) is 0 Å². The van der Waals surface area contributed by atoms with Crippen molar-refractivity contribution in [2.45, 2.75) is 20.0 Å². The molecule has 4 rings (SSSR count). The molecule has 0 radical (unpaired) electrons. The minimum Gasteiger partial charge on any atom is -0.489 e. The third-order valence-corrected chi connectivity index (χ3v) is 4.73. The Morgan fingerprint density at radius 2 is 1.52 bits per heavy atom. The van der Waals surface area contributed by atoms with Gasteiger partial charge in [0.25, 0.3) is 0 Å². The summed E-state index contributed by atoms with van der Waals surface area (Å²) in [6, 6.07) is 25.6. The molecule has 0 aliphatic rings. The maximum Gasteiger partial charge on any atom is 0.340 e. The van der Waals surface area contributed by atoms with Gasteiger partial charge in [0.2, 0.25) is 0 Å². The standard InChI is InChI=1S/C24H20O3/c1-17-21-13-12-20(26-16-19-10-6-3-7-11-19)15-23(21)27-24(25)22(17)14-18-8-4-2-5-9-18/h2-13,15H,14,16H2,1H3. The lowest BCUT2D eigenvalue weighted by Gasteiger charge is -2.10. The zero-order chi connectivity index (χ0) is 18.6. The van der Waals surface area contributed by atoms with Crippen LogP contribution < -0.4 is 10.4 Å². The first-order valence-corrected chi connectivity index (χ1v) is 8.98. The summed E-state index contributed by atoms with van der Waals surface area (Å²) < 4.78 is 11.4. The first-order valence-electron chi connectivity index (χ1n) is 8.98. The van der Waals surface area contributed by atoms with Gasteiger partial charge in [0.05, 0.1) is 0 Å². The van der Waals surface area contributed by atoms with Crippen molar-refractivity contribution < 1.29 is 9.15 Å². The van der Waals surface area contributed by atoms with Gasteiger partial charge in [0.1, 0.15) is 17.9 Å². The Balaban J connectivity index is 1.63. The lowest BCUT2D eigenvalue weighted by molar-refractivity contribution is 0.306. The van der Waals surface area contributed by atoms with Gasteiger partial charge in [-0.3, -0.25) is 0 Å². The molecule has 0 N–H and O–H groups in total. The van der Waals surface area contributed by atoms with Crippen LogP contribution in [0.15, 0.2) is 88.1 Å². The zero-order valence-corrected chi connectivity index (χ0v) is 15.1. The maximum absolute atomic E-state index is 12.5. The third-order valence-electron chi connectivity index (χ3n) is 4.73. The average molecular weight is 356 g/mol. The topological polar surface area (TPSA) is 39.4 Å². The van der Waals surface area contributed by atoms with Gasteiger partial charge < -0.3 is 9.15 Å². The number of rotatable bonds is 5. The highest BCUT2D eigenvalue weighted by Gasteiger charge is 2.12. The van der Waals surface area contributed by atoms with Gasteiger partial charge in [-0.2, -0.15) is 0 Å². The summed E-state index contributed by atoms with van der Waals surface area (Å²) in [5.41, 5.74) is 4.11. The molecule has 1 aromatic heterocycles. The molecule has 0 aliphatic heterocycles. The third kappa shape index (κ3) is 3.77. The molecule has 27 heavy (non-hydrogen) atoms. The van der Waals surface area contributed by atoms with Crippen molar-refractivity contribution in [3.05, 3.63) is 112 Å². The lowest BCUT2D eigenvalue weighted by Crippen LogP contribution is -2.11. The van der Waals surface area contributed by atoms with Crippen LogP contribution in [-0.4, -0.2) is 0 Å². The molecule has 0 unspecified atom stereocenters. The van der Waals surface area contributed by atoms with Crippen LogP contribution in [0.1, 0.15) is 22.3 Å². The van der Waals surface area contributed by atoms with E-state index in [9.17, 15) is 4.79 Å². The van der Waals surface area contributed by atoms with Crippen molar-refractivity contribution in [1.29, 1.82) is 0 Å². The molecule has 0 aliphatic carbocycles. The first-order chi connectivity index (χ1) is 13.2. The summed E-state index contributed by atoms with van der Waals surface area (Å²) in [5, 5.41) is 0.938. The zero-order valence-electron chi connectivity index (χ0n) is 15.1. The maximum atomic E-state index is 12.5. The molecule has 0 fully saturated rings. The lowest BCUT2D eigenvalue weighted by atomic mass is 10.00. The van der Waals surface area contributed by atoms with Crippen molar-refractivity contribution >= 4 is 11.0 Å². The van der Waals surface area contributed by atoms with Gasteiger partial charge >= 0.3 is 5.63 Å². The van der Waals surface area contributed by atoms with Crippen LogP contribution in [0.25, 0.3) is 11.0 Å². The van der Waals surface area contributed by atoms with Crippen LogP contribution in [0.4, 0.5) is 0 Å². The van der Waals surface area contributed by atoms with Gasteiger partial charge in [0.15, 0.2) is 0 Å². The van der Waals surface area contributed by atoms with Gasteiger partial charge in [0, 0.05) is 23.4 Å². The highest BCUT2D eigenvalue weighted by atomic mass is 16.5. The van der Waals surface area contributed by atoms with Crippen molar-refractivity contribution in [3.8, 4) is 5.75 Å². The summed E-state index contributed by atoms with van der Waals surface area (Å²) in [4.78, 5) is 12.5. The molecule has 1 heterocycles. The van der Waals surface area contributed by atoms with E-state index in [1.54, 1.807) is 6.07 Å². The van der Waals surface area contributed by atoms with E-state index in [2.05, 4.69) is 0 Å². The molecular formula is C24H20O3. The van der Waals surface area contributed by atoms with E-state index in [0.717, 1.165) is 22.1 Å². The average Bonchev–Trinajstić information content (AvgIpc) is 2.71. The highest BCUT2D eigenvalue weighted by molar-refractivity contribution is 5.82. The Labute approximate surface area is 157 Å². The smallest absolute Gasteiger partial charge is 0.340 e. The Hall–Kier alpha value is -3.33. The van der Waals surface area contributed by atoms with E-state index >= 15 is 0 Å². The van der Waals surface area contributed by atoms with Crippen molar-refractivity contribution in [1.82, 2.24) is 0 Å². The SMILES string of the molecule is Cc1c(Cc2ccccc2)c(=O)oc2cc(OCc3ccccc3)ccc12. The molecular weight excluding hydrogens is 336 g/mol. The summed E-state index contributed by atoms with van der Waals surface area (Å²) in [6.45, 7) is 2.45. The minimum absolute atomic E-state index is 0.288. The Morgan fingerprint density at radius 1 is 0.852 bits per heavy atom. The molecule has 0 atom stereocenters. The normalized spacial score (nSPS) is 10.9. The van der Waals surface area contributed by atoms with Crippen LogP contribution in [0.2, 0.25) is 0 Å². The predicted molar refractivity (Wildman–Crippen MR) is 107 cm³/mol. The summed E-state index contributed by atoms with van der Waals surface area (Å²) in [5.74, 6) is 0.685. The van der Waals surface area contributed by atoms with Gasteiger partial charge in [-0.15, -0.1) is 0 Å². The fourth-order valence-electron chi connectivity index (χ4n) is 3.21. The highest BCUT2D eigenvalue weighted by Crippen LogP contribution is 2.25. The fraction of sp³-hybridized carbons (Fsp3) is 0.125. The summed E-state index contributed by atoms with van der Waals surface area (Å²) >= 11 is 0. The molecule has 3 heteroatoms. The first kappa shape index (κ1) is 17.1. The van der Waals surface area contributed by atoms with Crippen LogP contribution in [0, 0.1) is 6.92 Å². The quantitative estimate of drug-likeness (QED) is 0.457. The summed E-state index contributed by atoms with van der Waals surface area (Å²) in [7, 11) is 0. The Morgan fingerprint density at radius 3 is 2.22 bits per heavy atom.